The van der Waals surface area contributed by atoms with Crippen molar-refractivity contribution in [3.05, 3.63) is 29.8 Å². The van der Waals surface area contributed by atoms with E-state index in [-0.39, 0.29) is 6.42 Å². The molecule has 0 aromatic heterocycles. The van der Waals surface area contributed by atoms with Crippen molar-refractivity contribution in [3.8, 4) is 0 Å². The lowest BCUT2D eigenvalue weighted by Crippen LogP contribution is -2.10. The molecule has 0 amide bonds. The lowest BCUT2D eigenvalue weighted by Gasteiger charge is -1.96. The molecular weight excluding hydrogens is 198 g/mol. The zero-order valence-electron chi connectivity index (χ0n) is 8.03. The summed E-state index contributed by atoms with van der Waals surface area (Å²) in [6.07, 6.45) is 0.0956. The Labute approximate surface area is 87.7 Å². The van der Waals surface area contributed by atoms with Gasteiger partial charge in [0.05, 0.1) is 18.4 Å². The second-order valence-electron chi connectivity index (χ2n) is 2.86. The van der Waals surface area contributed by atoms with E-state index >= 15 is 0 Å². The van der Waals surface area contributed by atoms with Crippen LogP contribution < -0.4 is 4.72 Å². The Balaban J connectivity index is 2.54. The predicted molar refractivity (Wildman–Crippen MR) is 58.5 cm³/mol. The monoisotopic (exact) mass is 212 g/mol. The average Bonchev–Trinajstić information content (AvgIpc) is 2.16. The minimum Gasteiger partial charge on any atom is -0.481 e. The van der Waals surface area contributed by atoms with E-state index < -0.39 is 5.97 Å². The molecule has 0 aliphatic heterocycles. The Kier molecular flexibility index (Phi) is 4.49. The van der Waals surface area contributed by atoms with Gasteiger partial charge < -0.3 is 5.11 Å². The molecule has 0 spiro atoms. The van der Waals surface area contributed by atoms with Crippen molar-refractivity contribution in [2.24, 2.45) is 0 Å². The first kappa shape index (κ1) is 11.1. The maximum Gasteiger partial charge on any atom is 0.307 e. The molecule has 0 aliphatic rings. The Morgan fingerprint density at radius 2 is 2.07 bits per heavy atom. The number of hydrogen-bond donors (Lipinski definition) is 2. The van der Waals surface area contributed by atoms with E-state index in [0.29, 0.717) is 0 Å². The Bertz CT molecular complexity index is 297. The molecule has 1 aromatic rings. The van der Waals surface area contributed by atoms with Crippen LogP contribution in [0.25, 0.3) is 0 Å². The molecule has 1 aromatic carbocycles. The van der Waals surface area contributed by atoms with Crippen LogP contribution in [0.2, 0.25) is 0 Å². The van der Waals surface area contributed by atoms with E-state index in [1.807, 2.05) is 31.2 Å². The fraction of sp³-hybridized carbons (Fsp3) is 0.300. The Morgan fingerprint density at radius 1 is 1.43 bits per heavy atom. The van der Waals surface area contributed by atoms with E-state index in [2.05, 4.69) is 4.72 Å². The summed E-state index contributed by atoms with van der Waals surface area (Å²) in [6, 6.07) is 7.60. The molecule has 3 nitrogen and oxygen atoms in total. The van der Waals surface area contributed by atoms with Crippen LogP contribution in [0, 0.1) is 0 Å². The number of aliphatic carboxylic acids is 1. The van der Waals surface area contributed by atoms with Gasteiger partial charge in [-0.05, 0) is 24.6 Å². The van der Waals surface area contributed by atoms with Crippen LogP contribution in [-0.4, -0.2) is 17.6 Å². The summed E-state index contributed by atoms with van der Waals surface area (Å²) in [7, 11) is 0. The van der Waals surface area contributed by atoms with Gasteiger partial charge in [-0.2, -0.15) is 0 Å². The normalized spacial score (nSPS) is 10.1. The highest BCUT2D eigenvalue weighted by Gasteiger charge is 2.03. The average molecular weight is 212 g/mol. The quantitative estimate of drug-likeness (QED) is 0.566. The van der Waals surface area contributed by atoms with Crippen LogP contribution in [0.5, 0.6) is 0 Å². The first-order valence-electron chi connectivity index (χ1n) is 4.46. The maximum atomic E-state index is 10.4. The molecular formula is C10H14NO2S+. The van der Waals surface area contributed by atoms with E-state index in [1.54, 1.807) is 0 Å². The van der Waals surface area contributed by atoms with Gasteiger partial charge in [0.2, 0.25) is 0 Å². The number of carboxylic acid groups (broad SMARTS) is 1. The summed E-state index contributed by atoms with van der Waals surface area (Å²) >= 11 is 1.07. The molecule has 0 saturated carbocycles. The number of carboxylic acids is 1. The Hall–Kier alpha value is -1.00. The molecule has 0 aliphatic carbocycles. The van der Waals surface area contributed by atoms with Crippen molar-refractivity contribution in [2.75, 3.05) is 6.54 Å². The molecule has 4 heteroatoms. The molecule has 0 radical (unpaired) electrons. The molecule has 0 heterocycles. The highest BCUT2D eigenvalue weighted by Crippen LogP contribution is 2.06. The second kappa shape index (κ2) is 5.67. The highest BCUT2D eigenvalue weighted by atomic mass is 32.2. The number of hydrogen-bond acceptors (Lipinski definition) is 2. The molecule has 14 heavy (non-hydrogen) atoms. The summed E-state index contributed by atoms with van der Waals surface area (Å²) in [5, 5.41) is 8.56. The van der Waals surface area contributed by atoms with Crippen LogP contribution in [0.1, 0.15) is 12.5 Å². The SMILES string of the molecule is CCN[SH+]c1ccc(CC(=O)O)cc1. The minimum atomic E-state index is -0.790. The van der Waals surface area contributed by atoms with Gasteiger partial charge in [-0.15, -0.1) is 4.72 Å². The molecule has 1 rings (SSSR count). The number of nitrogens with one attached hydrogen (secondary N) is 1. The van der Waals surface area contributed by atoms with Crippen LogP contribution >= 0.6 is 0 Å². The number of carbonyl (C=O) groups is 1. The number of thiol groups is 1. The van der Waals surface area contributed by atoms with E-state index in [1.165, 1.54) is 0 Å². The maximum absolute atomic E-state index is 10.4. The van der Waals surface area contributed by atoms with Crippen molar-refractivity contribution in [1.82, 2.24) is 4.72 Å². The molecule has 0 atom stereocenters. The largest absolute Gasteiger partial charge is 0.481 e. The van der Waals surface area contributed by atoms with E-state index in [4.69, 9.17) is 5.11 Å². The topological polar surface area (TPSA) is 49.3 Å². The van der Waals surface area contributed by atoms with Gasteiger partial charge in [-0.1, -0.05) is 12.1 Å². The van der Waals surface area contributed by atoms with E-state index in [9.17, 15) is 4.79 Å². The third-order valence-electron chi connectivity index (χ3n) is 1.66. The minimum absolute atomic E-state index is 0.0956. The molecule has 76 valence electrons. The van der Waals surface area contributed by atoms with Crippen molar-refractivity contribution in [3.63, 3.8) is 0 Å². The summed E-state index contributed by atoms with van der Waals surface area (Å²) in [6.45, 7) is 2.98. The van der Waals surface area contributed by atoms with Crippen molar-refractivity contribution < 1.29 is 9.90 Å². The Morgan fingerprint density at radius 3 is 2.57 bits per heavy atom. The summed E-state index contributed by atoms with van der Waals surface area (Å²) in [4.78, 5) is 11.6. The van der Waals surface area contributed by atoms with Crippen LogP contribution in [0.4, 0.5) is 0 Å². The fourth-order valence-corrected chi connectivity index (χ4v) is 1.67. The third-order valence-corrected chi connectivity index (χ3v) is 2.69. The van der Waals surface area contributed by atoms with Crippen LogP contribution in [0.3, 0.4) is 0 Å². The number of benzene rings is 1. The summed E-state index contributed by atoms with van der Waals surface area (Å²) in [5.41, 5.74) is 0.841. The second-order valence-corrected chi connectivity index (χ2v) is 3.92. The number of rotatable bonds is 5. The zero-order valence-corrected chi connectivity index (χ0v) is 8.92. The van der Waals surface area contributed by atoms with Crippen LogP contribution in [0.15, 0.2) is 29.2 Å². The van der Waals surface area contributed by atoms with Gasteiger partial charge in [-0.3, -0.25) is 4.79 Å². The van der Waals surface area contributed by atoms with Crippen molar-refractivity contribution >= 4 is 17.9 Å². The smallest absolute Gasteiger partial charge is 0.307 e. The lowest BCUT2D eigenvalue weighted by atomic mass is 10.2. The third kappa shape index (κ3) is 3.81. The first-order valence-corrected chi connectivity index (χ1v) is 5.36. The van der Waals surface area contributed by atoms with Gasteiger partial charge in [0.1, 0.15) is 0 Å². The van der Waals surface area contributed by atoms with Gasteiger partial charge >= 0.3 is 5.97 Å². The highest BCUT2D eigenvalue weighted by molar-refractivity contribution is 7.76. The summed E-state index contributed by atoms with van der Waals surface area (Å²) < 4.78 is 3.18. The van der Waals surface area contributed by atoms with E-state index in [0.717, 1.165) is 29.0 Å². The summed E-state index contributed by atoms with van der Waals surface area (Å²) in [5.74, 6) is -0.790. The van der Waals surface area contributed by atoms with Gasteiger partial charge in [-0.25, -0.2) is 0 Å². The molecule has 2 N–H and O–H groups in total. The van der Waals surface area contributed by atoms with Gasteiger partial charge in [0.25, 0.3) is 0 Å². The van der Waals surface area contributed by atoms with Crippen molar-refractivity contribution in [1.29, 1.82) is 0 Å². The predicted octanol–water partition coefficient (Wildman–Crippen LogP) is 1.01. The van der Waals surface area contributed by atoms with Gasteiger partial charge in [0.15, 0.2) is 4.90 Å². The molecule has 0 unspecified atom stereocenters. The first-order chi connectivity index (χ1) is 6.72. The molecule has 0 bridgehead atoms. The van der Waals surface area contributed by atoms with Crippen LogP contribution in [-0.2, 0) is 23.2 Å². The molecule has 0 saturated heterocycles. The lowest BCUT2D eigenvalue weighted by molar-refractivity contribution is -0.136. The standard InChI is InChI=1S/C10H13NO2S/c1-2-11-14-9-5-3-8(4-6-9)7-10(12)13/h3-6,11H,2,7H2,1H3,(H,12,13)/p+1. The zero-order chi connectivity index (χ0) is 10.4. The van der Waals surface area contributed by atoms with Crippen molar-refractivity contribution in [2.45, 2.75) is 18.2 Å². The fourth-order valence-electron chi connectivity index (χ4n) is 1.03. The van der Waals surface area contributed by atoms with Gasteiger partial charge in [0, 0.05) is 6.54 Å². The molecule has 0 fully saturated rings.